The molecule has 0 fully saturated rings. The highest BCUT2D eigenvalue weighted by Gasteiger charge is 2.21. The van der Waals surface area contributed by atoms with E-state index in [0.717, 1.165) is 24.1 Å². The van der Waals surface area contributed by atoms with Gasteiger partial charge >= 0.3 is 0 Å². The lowest BCUT2D eigenvalue weighted by Crippen LogP contribution is -2.36. The topological polar surface area (TPSA) is 77.3 Å². The summed E-state index contributed by atoms with van der Waals surface area (Å²) in [6, 6.07) is 0. The van der Waals surface area contributed by atoms with Gasteiger partial charge in [-0.05, 0) is 19.0 Å². The molecule has 0 aromatic carbocycles. The predicted molar refractivity (Wildman–Crippen MR) is 60.5 cm³/mol. The van der Waals surface area contributed by atoms with E-state index in [4.69, 9.17) is 11.5 Å². The maximum absolute atomic E-state index is 11.9. The highest BCUT2D eigenvalue weighted by atomic mass is 16.1. The van der Waals surface area contributed by atoms with Gasteiger partial charge in [-0.15, -0.1) is 0 Å². The molecule has 0 aliphatic carbocycles. The molecule has 1 aromatic rings. The number of rotatable bonds is 0. The Morgan fingerprint density at radius 2 is 1.87 bits per heavy atom. The fourth-order valence-corrected chi connectivity index (χ4v) is 2.04. The standard InChI is InChI=1S/C10H16N4O/c1-13-4-3-6-7(5-13)10(15)14(2)9(12)8(6)11/h3-5,11-12H2,1-2H3. The fraction of sp³-hybridized carbons (Fsp3) is 0.500. The number of fused-ring (bicyclic) bond motifs is 1. The third-order valence-electron chi connectivity index (χ3n) is 3.06. The van der Waals surface area contributed by atoms with E-state index in [9.17, 15) is 4.79 Å². The molecule has 0 radical (unpaired) electrons. The van der Waals surface area contributed by atoms with Crippen molar-refractivity contribution in [2.45, 2.75) is 13.0 Å². The number of aromatic nitrogens is 1. The summed E-state index contributed by atoms with van der Waals surface area (Å²) in [4.78, 5) is 14.0. The molecule has 5 nitrogen and oxygen atoms in total. The van der Waals surface area contributed by atoms with Crippen molar-refractivity contribution in [1.29, 1.82) is 0 Å². The van der Waals surface area contributed by atoms with Crippen LogP contribution in [-0.4, -0.2) is 23.1 Å². The molecule has 82 valence electrons. The molecule has 15 heavy (non-hydrogen) atoms. The third-order valence-corrected chi connectivity index (χ3v) is 3.06. The molecule has 0 saturated carbocycles. The van der Waals surface area contributed by atoms with E-state index >= 15 is 0 Å². The summed E-state index contributed by atoms with van der Waals surface area (Å²) in [5.41, 5.74) is 14.0. The van der Waals surface area contributed by atoms with Crippen LogP contribution < -0.4 is 17.0 Å². The van der Waals surface area contributed by atoms with Crippen LogP contribution in [0.25, 0.3) is 0 Å². The fourth-order valence-electron chi connectivity index (χ4n) is 2.04. The van der Waals surface area contributed by atoms with Crippen LogP contribution in [0.3, 0.4) is 0 Å². The summed E-state index contributed by atoms with van der Waals surface area (Å²) in [6.45, 7) is 1.58. The molecule has 0 amide bonds. The minimum atomic E-state index is -0.0248. The quantitative estimate of drug-likeness (QED) is 0.604. The van der Waals surface area contributed by atoms with E-state index in [0.29, 0.717) is 18.1 Å². The van der Waals surface area contributed by atoms with Crippen LogP contribution in [0.4, 0.5) is 11.5 Å². The SMILES string of the molecule is CN1CCc2c(N)c(N)n(C)c(=O)c2C1. The van der Waals surface area contributed by atoms with Gasteiger partial charge in [0.25, 0.3) is 5.56 Å². The predicted octanol–water partition coefficient (Wildman–Crippen LogP) is -0.462. The molecular weight excluding hydrogens is 192 g/mol. The molecule has 5 heteroatoms. The highest BCUT2D eigenvalue weighted by Crippen LogP contribution is 2.24. The first-order valence-corrected chi connectivity index (χ1v) is 4.96. The molecule has 1 aromatic heterocycles. The Kier molecular flexibility index (Phi) is 2.19. The smallest absolute Gasteiger partial charge is 0.256 e. The second kappa shape index (κ2) is 3.27. The lowest BCUT2D eigenvalue weighted by molar-refractivity contribution is 0.310. The molecule has 4 N–H and O–H groups in total. The van der Waals surface area contributed by atoms with Gasteiger partial charge in [-0.3, -0.25) is 9.36 Å². The van der Waals surface area contributed by atoms with Crippen molar-refractivity contribution >= 4 is 11.5 Å². The van der Waals surface area contributed by atoms with E-state index in [1.54, 1.807) is 7.05 Å². The number of likely N-dealkylation sites (N-methyl/N-ethyl adjacent to an activating group) is 1. The highest BCUT2D eigenvalue weighted by molar-refractivity contribution is 5.66. The Labute approximate surface area is 88.3 Å². The molecule has 2 rings (SSSR count). The lowest BCUT2D eigenvalue weighted by atomic mass is 10.00. The second-order valence-corrected chi connectivity index (χ2v) is 4.11. The van der Waals surface area contributed by atoms with Crippen molar-refractivity contribution in [3.8, 4) is 0 Å². The number of hydrogen-bond donors (Lipinski definition) is 2. The first-order chi connectivity index (χ1) is 7.02. The van der Waals surface area contributed by atoms with Crippen LogP contribution in [-0.2, 0) is 20.0 Å². The number of pyridine rings is 1. The largest absolute Gasteiger partial charge is 0.396 e. The van der Waals surface area contributed by atoms with E-state index in [2.05, 4.69) is 4.90 Å². The molecule has 1 aliphatic rings. The van der Waals surface area contributed by atoms with E-state index in [1.165, 1.54) is 4.57 Å². The summed E-state index contributed by atoms with van der Waals surface area (Å²) >= 11 is 0. The van der Waals surface area contributed by atoms with Crippen molar-refractivity contribution in [3.05, 3.63) is 21.5 Å². The number of nitrogens with zero attached hydrogens (tertiary/aromatic N) is 2. The zero-order chi connectivity index (χ0) is 11.2. The zero-order valence-corrected chi connectivity index (χ0v) is 9.08. The van der Waals surface area contributed by atoms with Crippen molar-refractivity contribution in [3.63, 3.8) is 0 Å². The van der Waals surface area contributed by atoms with Crippen molar-refractivity contribution < 1.29 is 0 Å². The van der Waals surface area contributed by atoms with Crippen LogP contribution in [0.15, 0.2) is 4.79 Å². The first kappa shape index (κ1) is 10.0. The van der Waals surface area contributed by atoms with Gasteiger partial charge < -0.3 is 16.4 Å². The van der Waals surface area contributed by atoms with Crippen LogP contribution in [0.5, 0.6) is 0 Å². The molecular formula is C10H16N4O. The maximum Gasteiger partial charge on any atom is 0.256 e. The van der Waals surface area contributed by atoms with Gasteiger partial charge in [0.2, 0.25) is 0 Å². The normalized spacial score (nSPS) is 16.4. The van der Waals surface area contributed by atoms with Crippen LogP contribution in [0.1, 0.15) is 11.1 Å². The van der Waals surface area contributed by atoms with Crippen molar-refractivity contribution in [2.75, 3.05) is 25.1 Å². The number of anilines is 2. The second-order valence-electron chi connectivity index (χ2n) is 4.11. The van der Waals surface area contributed by atoms with Gasteiger partial charge in [-0.2, -0.15) is 0 Å². The molecule has 0 bridgehead atoms. The summed E-state index contributed by atoms with van der Waals surface area (Å²) in [7, 11) is 3.65. The lowest BCUT2D eigenvalue weighted by Gasteiger charge is -2.26. The maximum atomic E-state index is 11.9. The first-order valence-electron chi connectivity index (χ1n) is 4.96. The van der Waals surface area contributed by atoms with E-state index in [-0.39, 0.29) is 5.56 Å². The third kappa shape index (κ3) is 1.39. The number of hydrogen-bond acceptors (Lipinski definition) is 4. The summed E-state index contributed by atoms with van der Waals surface area (Å²) in [6.07, 6.45) is 0.804. The zero-order valence-electron chi connectivity index (χ0n) is 9.08. The van der Waals surface area contributed by atoms with Crippen LogP contribution in [0.2, 0.25) is 0 Å². The minimum absolute atomic E-state index is 0.0248. The Morgan fingerprint density at radius 3 is 2.53 bits per heavy atom. The average Bonchev–Trinajstić information content (AvgIpc) is 2.23. The summed E-state index contributed by atoms with van der Waals surface area (Å²) in [5.74, 6) is 0.378. The van der Waals surface area contributed by atoms with Gasteiger partial charge in [0.1, 0.15) is 5.82 Å². The van der Waals surface area contributed by atoms with E-state index < -0.39 is 0 Å². The van der Waals surface area contributed by atoms with Gasteiger partial charge in [-0.1, -0.05) is 0 Å². The molecule has 0 unspecified atom stereocenters. The molecule has 0 saturated heterocycles. The summed E-state index contributed by atoms with van der Waals surface area (Å²) in [5, 5.41) is 0. The van der Waals surface area contributed by atoms with Gasteiger partial charge in [0.05, 0.1) is 5.69 Å². The Balaban J connectivity index is 2.71. The van der Waals surface area contributed by atoms with Gasteiger partial charge in [-0.25, -0.2) is 0 Å². The Bertz CT molecular complexity index is 463. The molecule has 1 aliphatic heterocycles. The van der Waals surface area contributed by atoms with E-state index in [1.807, 2.05) is 7.05 Å². The molecule has 0 atom stereocenters. The molecule has 2 heterocycles. The van der Waals surface area contributed by atoms with Crippen molar-refractivity contribution in [2.24, 2.45) is 7.05 Å². The Hall–Kier alpha value is -1.49. The summed E-state index contributed by atoms with van der Waals surface area (Å²) < 4.78 is 1.42. The van der Waals surface area contributed by atoms with Crippen LogP contribution >= 0.6 is 0 Å². The average molecular weight is 208 g/mol. The molecule has 0 spiro atoms. The Morgan fingerprint density at radius 1 is 1.20 bits per heavy atom. The van der Waals surface area contributed by atoms with Crippen LogP contribution in [0, 0.1) is 0 Å². The number of nitrogens with two attached hydrogens (primary N) is 2. The monoisotopic (exact) mass is 208 g/mol. The van der Waals surface area contributed by atoms with Gasteiger partial charge in [0.15, 0.2) is 0 Å². The minimum Gasteiger partial charge on any atom is -0.396 e. The van der Waals surface area contributed by atoms with Gasteiger partial charge in [0, 0.05) is 25.7 Å². The number of nitrogen functional groups attached to an aromatic ring is 2. The van der Waals surface area contributed by atoms with Crippen molar-refractivity contribution in [1.82, 2.24) is 9.47 Å².